The maximum absolute atomic E-state index is 11.7. The lowest BCUT2D eigenvalue weighted by molar-refractivity contribution is 0.0936. The predicted octanol–water partition coefficient (Wildman–Crippen LogP) is 1.38. The van der Waals surface area contributed by atoms with Crippen LogP contribution in [0.1, 0.15) is 47.4 Å². The summed E-state index contributed by atoms with van der Waals surface area (Å²) in [4.78, 5) is 23.5. The number of hydrogen-bond acceptors (Lipinski definition) is 4. The summed E-state index contributed by atoms with van der Waals surface area (Å²) in [5.41, 5.74) is -0.106. The summed E-state index contributed by atoms with van der Waals surface area (Å²) >= 11 is 0. The van der Waals surface area contributed by atoms with Gasteiger partial charge >= 0.3 is 0 Å². The molecule has 1 aromatic carbocycles. The maximum Gasteiger partial charge on any atom is 0.255 e. The Morgan fingerprint density at radius 2 is 1.25 bits per heavy atom. The molecule has 0 aliphatic carbocycles. The fraction of sp³-hybridized carbons (Fsp3) is 0.429. The third-order valence-electron chi connectivity index (χ3n) is 2.71. The van der Waals surface area contributed by atoms with E-state index in [1.165, 1.54) is 12.1 Å². The summed E-state index contributed by atoms with van der Waals surface area (Å²) < 4.78 is 0. The van der Waals surface area contributed by atoms with E-state index in [1.54, 1.807) is 0 Å². The molecule has 110 valence electrons. The van der Waals surface area contributed by atoms with Gasteiger partial charge in [0.1, 0.15) is 0 Å². The first-order valence-corrected chi connectivity index (χ1v) is 6.64. The summed E-state index contributed by atoms with van der Waals surface area (Å²) in [5, 5.41) is 24.8. The van der Waals surface area contributed by atoms with E-state index in [-0.39, 0.29) is 11.1 Å². The van der Waals surface area contributed by atoms with Crippen molar-refractivity contribution in [2.45, 2.75) is 26.7 Å². The van der Waals surface area contributed by atoms with Crippen LogP contribution in [0.2, 0.25) is 0 Å². The van der Waals surface area contributed by atoms with E-state index in [0.717, 1.165) is 12.8 Å². The largest absolute Gasteiger partial charge is 0.504 e. The maximum atomic E-state index is 11.7. The molecule has 0 saturated carbocycles. The Bertz CT molecular complexity index is 455. The molecule has 1 rings (SSSR count). The number of carbonyl (C=O) groups is 2. The van der Waals surface area contributed by atoms with E-state index < -0.39 is 23.3 Å². The van der Waals surface area contributed by atoms with E-state index >= 15 is 0 Å². The number of phenols is 2. The second-order valence-electron chi connectivity index (χ2n) is 4.37. The Hall–Kier alpha value is -2.24. The van der Waals surface area contributed by atoms with Crippen LogP contribution >= 0.6 is 0 Å². The normalized spacial score (nSPS) is 10.1. The molecule has 0 fully saturated rings. The van der Waals surface area contributed by atoms with Crippen molar-refractivity contribution in [3.05, 3.63) is 23.3 Å². The van der Waals surface area contributed by atoms with Crippen LogP contribution in [0.4, 0.5) is 0 Å². The summed E-state index contributed by atoms with van der Waals surface area (Å²) in [7, 11) is 0. The summed E-state index contributed by atoms with van der Waals surface area (Å²) in [5.74, 6) is -2.13. The molecule has 0 aromatic heterocycles. The van der Waals surface area contributed by atoms with Gasteiger partial charge in [0.25, 0.3) is 11.8 Å². The molecule has 0 bridgehead atoms. The van der Waals surface area contributed by atoms with Crippen LogP contribution in [0.15, 0.2) is 12.1 Å². The van der Waals surface area contributed by atoms with Crippen molar-refractivity contribution in [3.8, 4) is 11.5 Å². The smallest absolute Gasteiger partial charge is 0.255 e. The SMILES string of the molecule is CCCNC(=O)c1ccc(C(=O)NCCC)c(O)c1O. The second-order valence-corrected chi connectivity index (χ2v) is 4.37. The van der Waals surface area contributed by atoms with Crippen molar-refractivity contribution in [2.24, 2.45) is 0 Å². The molecular weight excluding hydrogens is 260 g/mol. The molecule has 0 radical (unpaired) electrons. The zero-order chi connectivity index (χ0) is 15.1. The molecule has 0 aliphatic rings. The van der Waals surface area contributed by atoms with Gasteiger partial charge in [0.15, 0.2) is 11.5 Å². The highest BCUT2D eigenvalue weighted by Gasteiger charge is 2.20. The number of rotatable bonds is 6. The van der Waals surface area contributed by atoms with Crippen molar-refractivity contribution in [1.29, 1.82) is 0 Å². The van der Waals surface area contributed by atoms with E-state index in [0.29, 0.717) is 13.1 Å². The summed E-state index contributed by atoms with van der Waals surface area (Å²) in [6.45, 7) is 4.74. The average Bonchev–Trinajstić information content (AvgIpc) is 2.44. The fourth-order valence-corrected chi connectivity index (χ4v) is 1.61. The third kappa shape index (κ3) is 3.63. The Balaban J connectivity index is 2.97. The van der Waals surface area contributed by atoms with Gasteiger partial charge in [-0.25, -0.2) is 0 Å². The van der Waals surface area contributed by atoms with Gasteiger partial charge in [-0.3, -0.25) is 9.59 Å². The van der Waals surface area contributed by atoms with Gasteiger partial charge in [0.05, 0.1) is 11.1 Å². The third-order valence-corrected chi connectivity index (χ3v) is 2.71. The molecule has 20 heavy (non-hydrogen) atoms. The minimum absolute atomic E-state index is 0.0528. The first-order valence-electron chi connectivity index (χ1n) is 6.64. The second kappa shape index (κ2) is 7.37. The predicted molar refractivity (Wildman–Crippen MR) is 75.0 cm³/mol. The standard InChI is InChI=1S/C14H20N2O4/c1-3-7-15-13(19)9-5-6-10(12(18)11(9)17)14(20)16-8-4-2/h5-6,17-18H,3-4,7-8H2,1-2H3,(H,15,19)(H,16,20). The lowest BCUT2D eigenvalue weighted by atomic mass is 10.1. The van der Waals surface area contributed by atoms with Gasteiger partial charge in [-0.2, -0.15) is 0 Å². The van der Waals surface area contributed by atoms with E-state index in [9.17, 15) is 19.8 Å². The number of hydrogen-bond donors (Lipinski definition) is 4. The highest BCUT2D eigenvalue weighted by atomic mass is 16.3. The molecule has 6 heteroatoms. The van der Waals surface area contributed by atoms with E-state index in [1.807, 2.05) is 13.8 Å². The van der Waals surface area contributed by atoms with Gasteiger partial charge in [0.2, 0.25) is 0 Å². The molecule has 0 spiro atoms. The van der Waals surface area contributed by atoms with Crippen LogP contribution in [0.25, 0.3) is 0 Å². The Morgan fingerprint density at radius 1 is 0.900 bits per heavy atom. The monoisotopic (exact) mass is 280 g/mol. The van der Waals surface area contributed by atoms with Crippen molar-refractivity contribution >= 4 is 11.8 Å². The fourth-order valence-electron chi connectivity index (χ4n) is 1.61. The number of carbonyl (C=O) groups excluding carboxylic acids is 2. The van der Waals surface area contributed by atoms with E-state index in [4.69, 9.17) is 0 Å². The number of phenolic OH excluding ortho intramolecular Hbond substituents is 2. The Labute approximate surface area is 117 Å². The Kier molecular flexibility index (Phi) is 5.83. The van der Waals surface area contributed by atoms with Gasteiger partial charge < -0.3 is 20.8 Å². The Morgan fingerprint density at radius 3 is 1.55 bits per heavy atom. The lowest BCUT2D eigenvalue weighted by Gasteiger charge is -2.10. The molecule has 6 nitrogen and oxygen atoms in total. The molecule has 2 amide bonds. The highest BCUT2D eigenvalue weighted by Crippen LogP contribution is 2.32. The zero-order valence-electron chi connectivity index (χ0n) is 11.7. The van der Waals surface area contributed by atoms with Gasteiger partial charge in [-0.15, -0.1) is 0 Å². The summed E-state index contributed by atoms with van der Waals surface area (Å²) in [6.07, 6.45) is 1.52. The first-order chi connectivity index (χ1) is 9.52. The number of nitrogens with one attached hydrogen (secondary N) is 2. The van der Waals surface area contributed by atoms with Crippen LogP contribution in [0, 0.1) is 0 Å². The van der Waals surface area contributed by atoms with Crippen molar-refractivity contribution in [1.82, 2.24) is 10.6 Å². The summed E-state index contributed by atoms with van der Waals surface area (Å²) in [6, 6.07) is 2.64. The highest BCUT2D eigenvalue weighted by molar-refractivity contribution is 6.02. The van der Waals surface area contributed by atoms with Crippen molar-refractivity contribution < 1.29 is 19.8 Å². The van der Waals surface area contributed by atoms with E-state index in [2.05, 4.69) is 10.6 Å². The van der Waals surface area contributed by atoms with Gasteiger partial charge in [-0.1, -0.05) is 13.8 Å². The molecule has 0 atom stereocenters. The van der Waals surface area contributed by atoms with Crippen LogP contribution in [-0.4, -0.2) is 35.1 Å². The van der Waals surface area contributed by atoms with Crippen LogP contribution in [-0.2, 0) is 0 Å². The van der Waals surface area contributed by atoms with Crippen LogP contribution in [0.5, 0.6) is 11.5 Å². The minimum Gasteiger partial charge on any atom is -0.504 e. The average molecular weight is 280 g/mol. The molecule has 0 saturated heterocycles. The van der Waals surface area contributed by atoms with Crippen molar-refractivity contribution in [3.63, 3.8) is 0 Å². The molecule has 4 N–H and O–H groups in total. The number of benzene rings is 1. The molecule has 1 aromatic rings. The van der Waals surface area contributed by atoms with Crippen LogP contribution in [0.3, 0.4) is 0 Å². The molecule has 0 aliphatic heterocycles. The van der Waals surface area contributed by atoms with Crippen LogP contribution < -0.4 is 10.6 Å². The minimum atomic E-state index is -0.581. The topological polar surface area (TPSA) is 98.7 Å². The first kappa shape index (κ1) is 15.8. The number of amides is 2. The van der Waals surface area contributed by atoms with Crippen molar-refractivity contribution in [2.75, 3.05) is 13.1 Å². The zero-order valence-corrected chi connectivity index (χ0v) is 11.7. The number of aromatic hydroxyl groups is 2. The quantitative estimate of drug-likeness (QED) is 0.592. The van der Waals surface area contributed by atoms with Gasteiger partial charge in [-0.05, 0) is 25.0 Å². The molecular formula is C14H20N2O4. The molecule has 0 unspecified atom stereocenters. The van der Waals surface area contributed by atoms with Gasteiger partial charge in [0, 0.05) is 13.1 Å². The lowest BCUT2D eigenvalue weighted by Crippen LogP contribution is -2.26. The molecule has 0 heterocycles.